The summed E-state index contributed by atoms with van der Waals surface area (Å²) in [5.41, 5.74) is 3.06. The van der Waals surface area contributed by atoms with Crippen LogP contribution >= 0.6 is 0 Å². The van der Waals surface area contributed by atoms with E-state index in [1.54, 1.807) is 19.5 Å². The molecule has 0 amide bonds. The molecule has 0 bridgehead atoms. The molecule has 5 rings (SSSR count). The molecule has 1 saturated carbocycles. The summed E-state index contributed by atoms with van der Waals surface area (Å²) in [7, 11) is 3.01. The van der Waals surface area contributed by atoms with E-state index in [1.165, 1.54) is 13.2 Å². The molecule has 2 aromatic carbocycles. The third kappa shape index (κ3) is 5.50. The number of carbonyl (C=O) groups is 1. The minimum atomic E-state index is -0.642. The Morgan fingerprint density at radius 3 is 2.32 bits per heavy atom. The number of piperidine rings is 1. The van der Waals surface area contributed by atoms with E-state index in [0.717, 1.165) is 29.8 Å². The Morgan fingerprint density at radius 1 is 0.973 bits per heavy atom. The van der Waals surface area contributed by atoms with Gasteiger partial charge in [0.1, 0.15) is 17.3 Å². The lowest BCUT2D eigenvalue weighted by atomic mass is 9.99. The van der Waals surface area contributed by atoms with E-state index in [9.17, 15) is 9.18 Å². The van der Waals surface area contributed by atoms with Crippen molar-refractivity contribution in [2.75, 3.05) is 37.5 Å². The Bertz CT molecular complexity index is 1290. The monoisotopic (exact) mass is 508 g/mol. The van der Waals surface area contributed by atoms with E-state index in [0.29, 0.717) is 49.6 Å². The van der Waals surface area contributed by atoms with Crippen LogP contribution in [0.4, 0.5) is 26.1 Å². The molecule has 0 unspecified atom stereocenters. The van der Waals surface area contributed by atoms with Crippen molar-refractivity contribution < 1.29 is 23.0 Å². The van der Waals surface area contributed by atoms with Gasteiger partial charge in [-0.15, -0.1) is 0 Å². The zero-order valence-corrected chi connectivity index (χ0v) is 21.0. The highest BCUT2D eigenvalue weighted by molar-refractivity contribution is 5.81. The molecule has 1 aliphatic carbocycles. The van der Waals surface area contributed by atoms with Gasteiger partial charge in [0.2, 0.25) is 5.95 Å². The second-order valence-electron chi connectivity index (χ2n) is 9.50. The Kier molecular flexibility index (Phi) is 7.21. The normalized spacial score (nSPS) is 15.6. The zero-order chi connectivity index (χ0) is 25.9. The number of benzene rings is 2. The molecule has 3 aromatic rings. The van der Waals surface area contributed by atoms with Crippen LogP contribution in [0.3, 0.4) is 0 Å². The van der Waals surface area contributed by atoms with Crippen LogP contribution in [-0.2, 0) is 17.6 Å². The fourth-order valence-corrected chi connectivity index (χ4v) is 4.71. The zero-order valence-electron chi connectivity index (χ0n) is 21.0. The maximum atomic E-state index is 15.0. The van der Waals surface area contributed by atoms with Gasteiger partial charge >= 0.3 is 0 Å². The summed E-state index contributed by atoms with van der Waals surface area (Å²) in [6.07, 6.45) is 6.82. The van der Waals surface area contributed by atoms with Crippen molar-refractivity contribution in [2.45, 2.75) is 44.4 Å². The number of halogens is 2. The Morgan fingerprint density at radius 2 is 1.68 bits per heavy atom. The van der Waals surface area contributed by atoms with E-state index in [4.69, 9.17) is 9.47 Å². The lowest BCUT2D eigenvalue weighted by Gasteiger charge is -2.29. The smallest absolute Gasteiger partial charge is 0.227 e. The third-order valence-corrected chi connectivity index (χ3v) is 6.99. The van der Waals surface area contributed by atoms with Crippen LogP contribution in [0.15, 0.2) is 36.7 Å². The highest BCUT2D eigenvalue weighted by Crippen LogP contribution is 2.44. The average Bonchev–Trinajstić information content (AvgIpc) is 3.76. The van der Waals surface area contributed by atoms with Crippen molar-refractivity contribution in [1.29, 1.82) is 0 Å². The van der Waals surface area contributed by atoms with E-state index in [2.05, 4.69) is 20.2 Å². The van der Waals surface area contributed by atoms with Gasteiger partial charge in [0.05, 0.1) is 19.9 Å². The first kappa shape index (κ1) is 24.9. The standard InChI is InChI=1S/C28H30F2N4O3/c1-36-24-13-19(6-8-23(24)34-11-9-20(35)10-12-34)33-28-31-15-17(16-32-28)3-7-21-26(29)22(18-4-5-18)14-25(37-2)27(21)30/h6,8,13-16,18H,3-5,7,9-12H2,1-2H3,(H,31,32,33). The van der Waals surface area contributed by atoms with Crippen molar-refractivity contribution in [3.05, 3.63) is 65.0 Å². The first-order chi connectivity index (χ1) is 18.0. The summed E-state index contributed by atoms with van der Waals surface area (Å²) in [4.78, 5) is 22.5. The third-order valence-electron chi connectivity index (χ3n) is 6.99. The summed E-state index contributed by atoms with van der Waals surface area (Å²) >= 11 is 0. The highest BCUT2D eigenvalue weighted by atomic mass is 19.1. The fourth-order valence-electron chi connectivity index (χ4n) is 4.71. The van der Waals surface area contributed by atoms with Crippen LogP contribution in [0.5, 0.6) is 11.5 Å². The topological polar surface area (TPSA) is 76.6 Å². The van der Waals surface area contributed by atoms with Crippen LogP contribution in [0.2, 0.25) is 0 Å². The van der Waals surface area contributed by atoms with Crippen molar-refractivity contribution in [3.8, 4) is 11.5 Å². The first-order valence-corrected chi connectivity index (χ1v) is 12.5. The number of rotatable bonds is 9. The molecule has 2 heterocycles. The summed E-state index contributed by atoms with van der Waals surface area (Å²) in [6, 6.07) is 7.23. The number of Topliss-reactive ketones (excluding diaryl/α,β-unsaturated/α-hetero) is 1. The molecule has 0 radical (unpaired) electrons. The SMILES string of the molecule is COc1cc(Nc2ncc(CCc3c(F)c(OC)cc(C4CC4)c3F)cn2)ccc1N1CCC(=O)CC1. The molecule has 7 nitrogen and oxygen atoms in total. The number of methoxy groups -OCH3 is 2. The van der Waals surface area contributed by atoms with Crippen molar-refractivity contribution in [2.24, 2.45) is 0 Å². The van der Waals surface area contributed by atoms with E-state index >= 15 is 4.39 Å². The number of anilines is 3. The Labute approximate surface area is 214 Å². The van der Waals surface area contributed by atoms with E-state index < -0.39 is 11.6 Å². The van der Waals surface area contributed by atoms with Crippen molar-refractivity contribution in [3.63, 3.8) is 0 Å². The van der Waals surface area contributed by atoms with Crippen LogP contribution in [0.1, 0.15) is 48.3 Å². The van der Waals surface area contributed by atoms with Crippen molar-refractivity contribution in [1.82, 2.24) is 9.97 Å². The van der Waals surface area contributed by atoms with Crippen LogP contribution in [0, 0.1) is 11.6 Å². The Hall–Kier alpha value is -3.75. The van der Waals surface area contributed by atoms with Crippen molar-refractivity contribution >= 4 is 23.1 Å². The number of aromatic nitrogens is 2. The second kappa shape index (κ2) is 10.7. The average molecular weight is 509 g/mol. The number of hydrogen-bond donors (Lipinski definition) is 1. The summed E-state index contributed by atoms with van der Waals surface area (Å²) in [5.74, 6) is 0.519. The number of ketones is 1. The minimum Gasteiger partial charge on any atom is -0.495 e. The number of nitrogens with one attached hydrogen (secondary N) is 1. The van der Waals surface area contributed by atoms with Gasteiger partial charge < -0.3 is 19.7 Å². The van der Waals surface area contributed by atoms with Crippen LogP contribution in [-0.4, -0.2) is 43.1 Å². The largest absolute Gasteiger partial charge is 0.495 e. The number of nitrogens with zero attached hydrogens (tertiary/aromatic N) is 3. The highest BCUT2D eigenvalue weighted by Gasteiger charge is 2.30. The predicted molar refractivity (Wildman–Crippen MR) is 137 cm³/mol. The fraction of sp³-hybridized carbons (Fsp3) is 0.393. The van der Waals surface area contributed by atoms with Crippen LogP contribution < -0.4 is 19.7 Å². The van der Waals surface area contributed by atoms with E-state index in [-0.39, 0.29) is 29.4 Å². The molecular formula is C28H30F2N4O3. The molecular weight excluding hydrogens is 478 g/mol. The molecule has 9 heteroatoms. The Balaban J connectivity index is 1.25. The maximum Gasteiger partial charge on any atom is 0.227 e. The predicted octanol–water partition coefficient (Wildman–Crippen LogP) is 5.35. The van der Waals surface area contributed by atoms with Gasteiger partial charge in [-0.3, -0.25) is 4.79 Å². The van der Waals surface area contributed by atoms with Gasteiger partial charge in [0, 0.05) is 55.6 Å². The summed E-state index contributed by atoms with van der Waals surface area (Å²) in [6.45, 7) is 1.36. The second-order valence-corrected chi connectivity index (χ2v) is 9.50. The molecule has 1 N–H and O–H groups in total. The summed E-state index contributed by atoms with van der Waals surface area (Å²) in [5, 5.41) is 3.17. The number of ether oxygens (including phenoxy) is 2. The van der Waals surface area contributed by atoms with E-state index in [1.807, 2.05) is 18.2 Å². The molecule has 1 saturated heterocycles. The van der Waals surface area contributed by atoms with Gasteiger partial charge in [0.15, 0.2) is 11.6 Å². The molecule has 1 aromatic heterocycles. The molecule has 1 aliphatic heterocycles. The maximum absolute atomic E-state index is 15.0. The first-order valence-electron chi connectivity index (χ1n) is 12.5. The minimum absolute atomic E-state index is 0.0497. The van der Waals surface area contributed by atoms with Crippen LogP contribution in [0.25, 0.3) is 0 Å². The number of hydrogen-bond acceptors (Lipinski definition) is 7. The molecule has 2 fully saturated rings. The molecule has 37 heavy (non-hydrogen) atoms. The summed E-state index contributed by atoms with van der Waals surface area (Å²) < 4.78 is 40.5. The quantitative estimate of drug-likeness (QED) is 0.418. The van der Waals surface area contributed by atoms with Gasteiger partial charge in [-0.2, -0.15) is 0 Å². The number of aryl methyl sites for hydroxylation is 1. The van der Waals surface area contributed by atoms with Gasteiger partial charge in [0.25, 0.3) is 0 Å². The molecule has 0 spiro atoms. The molecule has 0 atom stereocenters. The van der Waals surface area contributed by atoms with Gasteiger partial charge in [-0.05, 0) is 60.9 Å². The van der Waals surface area contributed by atoms with Gasteiger partial charge in [-0.25, -0.2) is 18.7 Å². The lowest BCUT2D eigenvalue weighted by molar-refractivity contribution is -0.119. The molecule has 194 valence electrons. The number of carbonyl (C=O) groups excluding carboxylic acids is 1. The lowest BCUT2D eigenvalue weighted by Crippen LogP contribution is -2.33. The van der Waals surface area contributed by atoms with Gasteiger partial charge in [-0.1, -0.05) is 0 Å². The molecule has 2 aliphatic rings.